The Labute approximate surface area is 99.8 Å². The molecular formula is C13H27NO2. The van der Waals surface area contributed by atoms with Gasteiger partial charge in [-0.1, -0.05) is 13.8 Å². The summed E-state index contributed by atoms with van der Waals surface area (Å²) in [6.07, 6.45) is 3.83. The lowest BCUT2D eigenvalue weighted by Gasteiger charge is -2.38. The number of hydrogen-bond acceptors (Lipinski definition) is 3. The van der Waals surface area contributed by atoms with Crippen molar-refractivity contribution in [2.75, 3.05) is 32.8 Å². The molecule has 0 radical (unpaired) electrons. The topological polar surface area (TPSA) is 32.7 Å². The summed E-state index contributed by atoms with van der Waals surface area (Å²) in [5, 5.41) is 9.43. The quantitative estimate of drug-likeness (QED) is 0.755. The number of piperidine rings is 1. The van der Waals surface area contributed by atoms with Crippen LogP contribution < -0.4 is 0 Å². The third kappa shape index (κ3) is 4.04. The Balaban J connectivity index is 2.41. The molecule has 0 spiro atoms. The zero-order valence-corrected chi connectivity index (χ0v) is 11.0. The van der Waals surface area contributed by atoms with Gasteiger partial charge in [0.1, 0.15) is 0 Å². The van der Waals surface area contributed by atoms with Crippen LogP contribution in [0.4, 0.5) is 0 Å². The van der Waals surface area contributed by atoms with Gasteiger partial charge >= 0.3 is 0 Å². The minimum absolute atomic E-state index is 0.0497. The molecule has 0 aromatic carbocycles. The summed E-state index contributed by atoms with van der Waals surface area (Å²) in [6, 6.07) is 0. The molecule has 2 unspecified atom stereocenters. The molecule has 0 bridgehead atoms. The molecule has 1 rings (SSSR count). The smallest absolute Gasteiger partial charge is 0.0702 e. The SMILES string of the molecule is CCOC1CCCN(CC(C)(CC)CO)C1. The van der Waals surface area contributed by atoms with Crippen molar-refractivity contribution in [3.05, 3.63) is 0 Å². The van der Waals surface area contributed by atoms with Crippen molar-refractivity contribution in [1.82, 2.24) is 4.90 Å². The second-order valence-electron chi connectivity index (χ2n) is 5.28. The van der Waals surface area contributed by atoms with E-state index in [-0.39, 0.29) is 12.0 Å². The Morgan fingerprint density at radius 2 is 2.19 bits per heavy atom. The molecule has 0 aromatic rings. The van der Waals surface area contributed by atoms with Gasteiger partial charge < -0.3 is 14.7 Å². The molecule has 0 amide bonds. The largest absolute Gasteiger partial charge is 0.396 e. The molecule has 2 atom stereocenters. The number of rotatable bonds is 6. The summed E-state index contributed by atoms with van der Waals surface area (Å²) in [5.41, 5.74) is 0.0497. The van der Waals surface area contributed by atoms with Gasteiger partial charge in [0, 0.05) is 31.7 Å². The van der Waals surface area contributed by atoms with E-state index in [1.54, 1.807) is 0 Å². The van der Waals surface area contributed by atoms with E-state index >= 15 is 0 Å². The van der Waals surface area contributed by atoms with Gasteiger partial charge in [-0.05, 0) is 32.7 Å². The van der Waals surface area contributed by atoms with E-state index in [1.807, 2.05) is 0 Å². The minimum Gasteiger partial charge on any atom is -0.396 e. The zero-order chi connectivity index (χ0) is 12.0. The third-order valence-corrected chi connectivity index (χ3v) is 3.71. The van der Waals surface area contributed by atoms with Crippen LogP contribution in [0, 0.1) is 5.41 Å². The number of nitrogens with zero attached hydrogens (tertiary/aromatic N) is 1. The second-order valence-corrected chi connectivity index (χ2v) is 5.28. The predicted octanol–water partition coefficient (Wildman–Crippen LogP) is 1.90. The van der Waals surface area contributed by atoms with Crippen LogP contribution in [-0.2, 0) is 4.74 Å². The molecule has 1 saturated heterocycles. The fraction of sp³-hybridized carbons (Fsp3) is 1.00. The summed E-state index contributed by atoms with van der Waals surface area (Å²) in [6.45, 7) is 10.6. The van der Waals surface area contributed by atoms with Crippen LogP contribution in [0.2, 0.25) is 0 Å². The monoisotopic (exact) mass is 229 g/mol. The molecule has 0 saturated carbocycles. The first kappa shape index (κ1) is 13.9. The Morgan fingerprint density at radius 3 is 2.75 bits per heavy atom. The van der Waals surface area contributed by atoms with E-state index in [9.17, 15) is 5.11 Å². The highest BCUT2D eigenvalue weighted by molar-refractivity contribution is 4.81. The van der Waals surface area contributed by atoms with Crippen molar-refractivity contribution in [3.8, 4) is 0 Å². The highest BCUT2D eigenvalue weighted by Gasteiger charge is 2.28. The Morgan fingerprint density at radius 1 is 1.44 bits per heavy atom. The second kappa shape index (κ2) is 6.58. The molecule has 3 heteroatoms. The normalized spacial score (nSPS) is 26.6. The number of hydrogen-bond donors (Lipinski definition) is 1. The average molecular weight is 229 g/mol. The van der Waals surface area contributed by atoms with Gasteiger partial charge in [-0.3, -0.25) is 0 Å². The summed E-state index contributed by atoms with van der Waals surface area (Å²) in [7, 11) is 0. The first-order valence-corrected chi connectivity index (χ1v) is 6.58. The lowest BCUT2D eigenvalue weighted by molar-refractivity contribution is -0.0127. The maximum atomic E-state index is 9.43. The molecule has 0 aromatic heterocycles. The van der Waals surface area contributed by atoms with E-state index in [0.717, 1.165) is 32.7 Å². The maximum absolute atomic E-state index is 9.43. The number of aliphatic hydroxyl groups is 1. The van der Waals surface area contributed by atoms with Gasteiger partial charge in [0.2, 0.25) is 0 Å². The van der Waals surface area contributed by atoms with Gasteiger partial charge in [-0.15, -0.1) is 0 Å². The summed E-state index contributed by atoms with van der Waals surface area (Å²) in [4.78, 5) is 2.45. The van der Waals surface area contributed by atoms with Crippen molar-refractivity contribution in [2.45, 2.75) is 46.1 Å². The van der Waals surface area contributed by atoms with E-state index in [1.165, 1.54) is 12.8 Å². The van der Waals surface area contributed by atoms with Crippen molar-refractivity contribution in [3.63, 3.8) is 0 Å². The average Bonchev–Trinajstić information content (AvgIpc) is 2.30. The minimum atomic E-state index is 0.0497. The summed E-state index contributed by atoms with van der Waals surface area (Å²) >= 11 is 0. The highest BCUT2D eigenvalue weighted by Crippen LogP contribution is 2.24. The van der Waals surface area contributed by atoms with Crippen LogP contribution in [-0.4, -0.2) is 49.0 Å². The van der Waals surface area contributed by atoms with Crippen LogP contribution in [0.15, 0.2) is 0 Å². The van der Waals surface area contributed by atoms with Crippen molar-refractivity contribution >= 4 is 0 Å². The summed E-state index contributed by atoms with van der Waals surface area (Å²) < 4.78 is 5.69. The summed E-state index contributed by atoms with van der Waals surface area (Å²) in [5.74, 6) is 0. The Bertz CT molecular complexity index is 190. The van der Waals surface area contributed by atoms with Gasteiger partial charge in [0.25, 0.3) is 0 Å². The van der Waals surface area contributed by atoms with Gasteiger partial charge in [0.05, 0.1) is 6.10 Å². The van der Waals surface area contributed by atoms with Crippen molar-refractivity contribution < 1.29 is 9.84 Å². The fourth-order valence-corrected chi connectivity index (χ4v) is 2.34. The molecule has 96 valence electrons. The molecular weight excluding hydrogens is 202 g/mol. The lowest BCUT2D eigenvalue weighted by atomic mass is 9.87. The van der Waals surface area contributed by atoms with E-state index < -0.39 is 0 Å². The van der Waals surface area contributed by atoms with Crippen LogP contribution in [0.25, 0.3) is 0 Å². The lowest BCUT2D eigenvalue weighted by Crippen LogP contribution is -2.45. The van der Waals surface area contributed by atoms with Crippen LogP contribution in [0.3, 0.4) is 0 Å². The maximum Gasteiger partial charge on any atom is 0.0702 e. The Kier molecular flexibility index (Phi) is 5.73. The van der Waals surface area contributed by atoms with Gasteiger partial charge in [0.15, 0.2) is 0 Å². The van der Waals surface area contributed by atoms with Crippen molar-refractivity contribution in [1.29, 1.82) is 0 Å². The zero-order valence-electron chi connectivity index (χ0n) is 11.0. The van der Waals surface area contributed by atoms with Crippen LogP contribution >= 0.6 is 0 Å². The van der Waals surface area contributed by atoms with Crippen molar-refractivity contribution in [2.24, 2.45) is 5.41 Å². The predicted molar refractivity (Wildman–Crippen MR) is 66.6 cm³/mol. The van der Waals surface area contributed by atoms with E-state index in [4.69, 9.17) is 4.74 Å². The fourth-order valence-electron chi connectivity index (χ4n) is 2.34. The molecule has 16 heavy (non-hydrogen) atoms. The molecule has 3 nitrogen and oxygen atoms in total. The number of likely N-dealkylation sites (tertiary alicyclic amines) is 1. The third-order valence-electron chi connectivity index (χ3n) is 3.71. The van der Waals surface area contributed by atoms with E-state index in [2.05, 4.69) is 25.7 Å². The van der Waals surface area contributed by atoms with E-state index in [0.29, 0.717) is 6.10 Å². The molecule has 1 aliphatic rings. The molecule has 0 aliphatic carbocycles. The van der Waals surface area contributed by atoms with Crippen LogP contribution in [0.1, 0.15) is 40.0 Å². The molecule has 1 aliphatic heterocycles. The number of aliphatic hydroxyl groups excluding tert-OH is 1. The highest BCUT2D eigenvalue weighted by atomic mass is 16.5. The Hall–Kier alpha value is -0.120. The number of ether oxygens (including phenoxy) is 1. The first-order chi connectivity index (χ1) is 7.63. The molecule has 1 heterocycles. The van der Waals surface area contributed by atoms with Crippen LogP contribution in [0.5, 0.6) is 0 Å². The van der Waals surface area contributed by atoms with Gasteiger partial charge in [-0.25, -0.2) is 0 Å². The molecule has 1 fully saturated rings. The first-order valence-electron chi connectivity index (χ1n) is 6.58. The molecule has 1 N–H and O–H groups in total. The standard InChI is InChI=1S/C13H27NO2/c1-4-13(3,11-15)10-14-8-6-7-12(9-14)16-5-2/h12,15H,4-11H2,1-3H3. The van der Waals surface area contributed by atoms with Gasteiger partial charge in [-0.2, -0.15) is 0 Å².